The minimum Gasteiger partial charge on any atom is -0.504 e. The second-order valence-corrected chi connectivity index (χ2v) is 4.80. The summed E-state index contributed by atoms with van der Waals surface area (Å²) in [4.78, 5) is 0. The fraction of sp³-hybridized carbons (Fsp3) is 0. The zero-order valence-corrected chi connectivity index (χ0v) is 11.9. The molecule has 0 aliphatic rings. The summed E-state index contributed by atoms with van der Waals surface area (Å²) >= 11 is 16.7. The van der Waals surface area contributed by atoms with Gasteiger partial charge in [0.05, 0.1) is 10.0 Å². The molecule has 2 N–H and O–H groups in total. The van der Waals surface area contributed by atoms with Gasteiger partial charge in [-0.3, -0.25) is 0 Å². The number of phenols is 1. The number of thiocarbonyl (C=S) groups is 1. The Morgan fingerprint density at radius 1 is 1.11 bits per heavy atom. The van der Waals surface area contributed by atoms with Crippen molar-refractivity contribution in [1.29, 1.82) is 0 Å². The van der Waals surface area contributed by atoms with E-state index in [1.807, 2.05) is 0 Å². The van der Waals surface area contributed by atoms with E-state index in [2.05, 4.69) is 5.32 Å². The molecule has 0 aliphatic heterocycles. The van der Waals surface area contributed by atoms with E-state index in [-0.39, 0.29) is 16.7 Å². The van der Waals surface area contributed by atoms with Gasteiger partial charge >= 0.3 is 0 Å². The van der Waals surface area contributed by atoms with Gasteiger partial charge in [-0.15, -0.1) is 0 Å². The van der Waals surface area contributed by atoms with Gasteiger partial charge < -0.3 is 15.2 Å². The van der Waals surface area contributed by atoms with Crippen LogP contribution in [0.25, 0.3) is 0 Å². The Morgan fingerprint density at radius 2 is 1.84 bits per heavy atom. The maximum absolute atomic E-state index is 9.56. The summed E-state index contributed by atoms with van der Waals surface area (Å²) in [5.41, 5.74) is 0.648. The normalized spacial score (nSPS) is 10.0. The molecule has 0 saturated carbocycles. The number of benzene rings is 2. The number of halogens is 2. The first-order valence-electron chi connectivity index (χ1n) is 5.28. The van der Waals surface area contributed by atoms with Crippen molar-refractivity contribution in [2.45, 2.75) is 0 Å². The fourth-order valence-corrected chi connectivity index (χ4v) is 1.87. The largest absolute Gasteiger partial charge is 0.504 e. The lowest BCUT2D eigenvalue weighted by Crippen LogP contribution is -2.16. The number of nitrogens with one attached hydrogen (secondary N) is 1. The minimum atomic E-state index is 0.0146. The van der Waals surface area contributed by atoms with Crippen molar-refractivity contribution in [2.24, 2.45) is 0 Å². The molecule has 2 rings (SSSR count). The van der Waals surface area contributed by atoms with Gasteiger partial charge in [-0.1, -0.05) is 35.3 Å². The van der Waals surface area contributed by atoms with Crippen LogP contribution < -0.4 is 10.1 Å². The summed E-state index contributed by atoms with van der Waals surface area (Å²) in [5.74, 6) is 0.292. The van der Waals surface area contributed by atoms with Crippen molar-refractivity contribution >= 4 is 46.3 Å². The predicted molar refractivity (Wildman–Crippen MR) is 81.4 cm³/mol. The van der Waals surface area contributed by atoms with Crippen LogP contribution in [0, 0.1) is 0 Å². The molecule has 0 spiro atoms. The second kappa shape index (κ2) is 6.10. The molecule has 0 atom stereocenters. The number of phenolic OH excluding ortho intramolecular Hbond substituents is 1. The maximum atomic E-state index is 9.56. The molecule has 0 aromatic heterocycles. The molecule has 19 heavy (non-hydrogen) atoms. The van der Waals surface area contributed by atoms with E-state index < -0.39 is 0 Å². The van der Waals surface area contributed by atoms with Crippen molar-refractivity contribution < 1.29 is 9.84 Å². The van der Waals surface area contributed by atoms with Crippen molar-refractivity contribution in [3.8, 4) is 11.5 Å². The van der Waals surface area contributed by atoms with Crippen LogP contribution in [0.5, 0.6) is 11.5 Å². The summed E-state index contributed by atoms with van der Waals surface area (Å²) < 4.78 is 5.31. The second-order valence-electron chi connectivity index (χ2n) is 3.61. The number of hydrogen-bond donors (Lipinski definition) is 2. The van der Waals surface area contributed by atoms with Gasteiger partial charge in [-0.05, 0) is 42.5 Å². The van der Waals surface area contributed by atoms with E-state index in [0.717, 1.165) is 0 Å². The maximum Gasteiger partial charge on any atom is 0.266 e. The smallest absolute Gasteiger partial charge is 0.266 e. The highest BCUT2D eigenvalue weighted by atomic mass is 35.5. The van der Waals surface area contributed by atoms with E-state index in [4.69, 9.17) is 40.2 Å². The molecule has 0 bridgehead atoms. The molecular weight excluding hydrogens is 305 g/mol. The molecule has 3 nitrogen and oxygen atoms in total. The highest BCUT2D eigenvalue weighted by Crippen LogP contribution is 2.27. The van der Waals surface area contributed by atoms with Crippen LogP contribution in [0.1, 0.15) is 0 Å². The van der Waals surface area contributed by atoms with Crippen molar-refractivity contribution in [3.05, 3.63) is 52.5 Å². The molecule has 2 aromatic rings. The van der Waals surface area contributed by atoms with Crippen LogP contribution in [0.2, 0.25) is 10.0 Å². The third-order valence-electron chi connectivity index (χ3n) is 2.23. The third kappa shape index (κ3) is 3.73. The van der Waals surface area contributed by atoms with Crippen LogP contribution >= 0.6 is 35.4 Å². The molecule has 2 aromatic carbocycles. The van der Waals surface area contributed by atoms with Gasteiger partial charge in [0.1, 0.15) is 0 Å². The number of para-hydroxylation sites is 2. The summed E-state index contributed by atoms with van der Waals surface area (Å²) in [5, 5.41) is 13.4. The lowest BCUT2D eigenvalue weighted by Gasteiger charge is -2.10. The topological polar surface area (TPSA) is 41.5 Å². The van der Waals surface area contributed by atoms with Crippen LogP contribution in [-0.2, 0) is 0 Å². The molecule has 0 aliphatic carbocycles. The molecule has 6 heteroatoms. The number of hydrogen-bond acceptors (Lipinski definition) is 3. The first-order chi connectivity index (χ1) is 9.06. The lowest BCUT2D eigenvalue weighted by molar-refractivity contribution is 0.437. The predicted octanol–water partition coefficient (Wildman–Crippen LogP) is 4.47. The molecular formula is C13H9Cl2NO2S. The molecule has 0 radical (unpaired) electrons. The van der Waals surface area contributed by atoms with Crippen LogP contribution in [0.15, 0.2) is 42.5 Å². The zero-order chi connectivity index (χ0) is 13.8. The van der Waals surface area contributed by atoms with Gasteiger partial charge in [0, 0.05) is 5.69 Å². The van der Waals surface area contributed by atoms with Gasteiger partial charge in [0.25, 0.3) is 5.17 Å². The first-order valence-corrected chi connectivity index (χ1v) is 6.44. The third-order valence-corrected chi connectivity index (χ3v) is 3.16. The highest BCUT2D eigenvalue weighted by molar-refractivity contribution is 7.80. The van der Waals surface area contributed by atoms with Crippen LogP contribution in [0.3, 0.4) is 0 Å². The number of anilines is 1. The van der Waals surface area contributed by atoms with E-state index >= 15 is 0 Å². The number of rotatable bonds is 2. The highest BCUT2D eigenvalue weighted by Gasteiger charge is 2.06. The van der Waals surface area contributed by atoms with Crippen molar-refractivity contribution in [2.75, 3.05) is 5.32 Å². The monoisotopic (exact) mass is 313 g/mol. The fourth-order valence-electron chi connectivity index (χ4n) is 1.36. The Labute approximate surface area is 125 Å². The summed E-state index contributed by atoms with van der Waals surface area (Å²) in [6.07, 6.45) is 0. The Kier molecular flexibility index (Phi) is 4.47. The quantitative estimate of drug-likeness (QED) is 0.802. The first kappa shape index (κ1) is 13.9. The Bertz CT molecular complexity index is 619. The summed E-state index contributed by atoms with van der Waals surface area (Å²) in [6, 6.07) is 11.5. The summed E-state index contributed by atoms with van der Waals surface area (Å²) in [6.45, 7) is 0. The molecule has 0 heterocycles. The van der Waals surface area contributed by atoms with E-state index in [1.54, 1.807) is 36.4 Å². The van der Waals surface area contributed by atoms with Gasteiger partial charge in [-0.25, -0.2) is 0 Å². The molecule has 0 saturated heterocycles. The summed E-state index contributed by atoms with van der Waals surface area (Å²) in [7, 11) is 0. The number of aromatic hydroxyl groups is 1. The Balaban J connectivity index is 2.05. The van der Waals surface area contributed by atoms with Crippen LogP contribution in [0.4, 0.5) is 5.69 Å². The van der Waals surface area contributed by atoms with E-state index in [1.165, 1.54) is 6.07 Å². The molecule has 0 fully saturated rings. The van der Waals surface area contributed by atoms with Crippen molar-refractivity contribution in [3.63, 3.8) is 0 Å². The SMILES string of the molecule is Oc1ccccc1OC(=S)Nc1ccc(Cl)c(Cl)c1. The van der Waals surface area contributed by atoms with Crippen LogP contribution in [-0.4, -0.2) is 10.3 Å². The van der Waals surface area contributed by atoms with Crippen molar-refractivity contribution in [1.82, 2.24) is 0 Å². The average Bonchev–Trinajstić information content (AvgIpc) is 2.37. The minimum absolute atomic E-state index is 0.0146. The Morgan fingerprint density at radius 3 is 2.53 bits per heavy atom. The standard InChI is InChI=1S/C13H9Cl2NO2S/c14-9-6-5-8(7-10(9)15)16-13(19)18-12-4-2-1-3-11(12)17/h1-7,17H,(H,16,19). The lowest BCUT2D eigenvalue weighted by atomic mass is 10.3. The van der Waals surface area contributed by atoms with E-state index in [9.17, 15) is 5.11 Å². The van der Waals surface area contributed by atoms with Gasteiger partial charge in [-0.2, -0.15) is 0 Å². The molecule has 0 unspecified atom stereocenters. The molecule has 0 amide bonds. The van der Waals surface area contributed by atoms with Gasteiger partial charge in [0.2, 0.25) is 0 Å². The van der Waals surface area contributed by atoms with E-state index in [0.29, 0.717) is 15.7 Å². The average molecular weight is 314 g/mol. The Hall–Kier alpha value is -1.49. The zero-order valence-electron chi connectivity index (χ0n) is 9.56. The van der Waals surface area contributed by atoms with Gasteiger partial charge in [0.15, 0.2) is 11.5 Å². The molecule has 98 valence electrons. The number of ether oxygens (including phenoxy) is 1.